The summed E-state index contributed by atoms with van der Waals surface area (Å²) >= 11 is 5.51. The third kappa shape index (κ3) is 4.85. The monoisotopic (exact) mass is 357 g/mol. The molecule has 0 bridgehead atoms. The highest BCUT2D eigenvalue weighted by Gasteiger charge is 2.19. The number of rotatable bonds is 7. The first-order valence-electron chi connectivity index (χ1n) is 8.20. The van der Waals surface area contributed by atoms with E-state index in [4.69, 9.17) is 0 Å². The summed E-state index contributed by atoms with van der Waals surface area (Å²) in [6.07, 6.45) is 11.2. The van der Waals surface area contributed by atoms with E-state index in [1.165, 1.54) is 65.6 Å². The minimum absolute atomic E-state index is 0.555. The summed E-state index contributed by atoms with van der Waals surface area (Å²) in [6.45, 7) is 5.63. The minimum Gasteiger partial charge on any atom is -0.310 e. The van der Waals surface area contributed by atoms with Gasteiger partial charge in [-0.15, -0.1) is 11.3 Å². The van der Waals surface area contributed by atoms with Crippen molar-refractivity contribution in [2.45, 2.75) is 71.3 Å². The highest BCUT2D eigenvalue weighted by atomic mass is 79.9. The Balaban J connectivity index is 1.94. The Labute approximate surface area is 136 Å². The maximum absolute atomic E-state index is 3.77. The fraction of sp³-hybridized carbons (Fsp3) is 0.765. The second kappa shape index (κ2) is 8.55. The van der Waals surface area contributed by atoms with Crippen LogP contribution in [-0.2, 0) is 0 Å². The highest BCUT2D eigenvalue weighted by molar-refractivity contribution is 9.11. The Morgan fingerprint density at radius 1 is 1.35 bits per heavy atom. The number of thiophene rings is 1. The van der Waals surface area contributed by atoms with E-state index < -0.39 is 0 Å². The van der Waals surface area contributed by atoms with Gasteiger partial charge in [-0.1, -0.05) is 39.0 Å². The lowest BCUT2D eigenvalue weighted by Gasteiger charge is -2.25. The molecule has 0 spiro atoms. The molecule has 1 N–H and O–H groups in total. The van der Waals surface area contributed by atoms with Crippen molar-refractivity contribution in [1.82, 2.24) is 5.32 Å². The zero-order valence-electron chi connectivity index (χ0n) is 12.9. The van der Waals surface area contributed by atoms with Crippen LogP contribution >= 0.6 is 27.3 Å². The summed E-state index contributed by atoms with van der Waals surface area (Å²) in [6, 6.07) is 2.88. The molecule has 114 valence electrons. The van der Waals surface area contributed by atoms with Gasteiger partial charge >= 0.3 is 0 Å². The van der Waals surface area contributed by atoms with E-state index in [-0.39, 0.29) is 0 Å². The first-order valence-corrected chi connectivity index (χ1v) is 9.81. The van der Waals surface area contributed by atoms with E-state index in [1.807, 2.05) is 11.3 Å². The summed E-state index contributed by atoms with van der Waals surface area (Å²) in [7, 11) is 0. The number of aryl methyl sites for hydroxylation is 1. The van der Waals surface area contributed by atoms with E-state index in [1.54, 1.807) is 0 Å². The van der Waals surface area contributed by atoms with E-state index in [0.29, 0.717) is 6.04 Å². The van der Waals surface area contributed by atoms with Gasteiger partial charge in [0.1, 0.15) is 0 Å². The van der Waals surface area contributed by atoms with Crippen LogP contribution in [0.1, 0.15) is 74.8 Å². The van der Waals surface area contributed by atoms with Crippen LogP contribution < -0.4 is 5.32 Å². The molecule has 1 unspecified atom stereocenters. The molecule has 1 saturated carbocycles. The molecule has 1 aliphatic carbocycles. The van der Waals surface area contributed by atoms with Crippen LogP contribution in [-0.4, -0.2) is 6.54 Å². The van der Waals surface area contributed by atoms with Gasteiger partial charge in [0.15, 0.2) is 0 Å². The molecular formula is C17H28BrNS. The third-order valence-electron chi connectivity index (χ3n) is 4.53. The topological polar surface area (TPSA) is 12.0 Å². The van der Waals surface area contributed by atoms with Crippen LogP contribution in [0, 0.1) is 12.8 Å². The summed E-state index contributed by atoms with van der Waals surface area (Å²) in [5, 5.41) is 3.77. The van der Waals surface area contributed by atoms with Crippen molar-refractivity contribution in [2.75, 3.05) is 6.54 Å². The summed E-state index contributed by atoms with van der Waals surface area (Å²) in [4.78, 5) is 1.47. The van der Waals surface area contributed by atoms with E-state index >= 15 is 0 Å². The lowest BCUT2D eigenvalue weighted by molar-refractivity contribution is 0.314. The van der Waals surface area contributed by atoms with Crippen LogP contribution in [0.25, 0.3) is 0 Å². The number of nitrogens with one attached hydrogen (secondary N) is 1. The fourth-order valence-corrected chi connectivity index (χ4v) is 5.14. The lowest BCUT2D eigenvalue weighted by atomic mass is 9.84. The second-order valence-electron chi connectivity index (χ2n) is 6.15. The largest absolute Gasteiger partial charge is 0.310 e. The number of hydrogen-bond acceptors (Lipinski definition) is 2. The van der Waals surface area contributed by atoms with E-state index in [9.17, 15) is 0 Å². The Morgan fingerprint density at radius 2 is 2.10 bits per heavy atom. The summed E-state index contributed by atoms with van der Waals surface area (Å²) < 4.78 is 1.27. The van der Waals surface area contributed by atoms with Crippen LogP contribution in [0.2, 0.25) is 0 Å². The molecule has 1 aromatic rings. The molecule has 3 heteroatoms. The first-order chi connectivity index (χ1) is 9.70. The molecule has 20 heavy (non-hydrogen) atoms. The summed E-state index contributed by atoms with van der Waals surface area (Å²) in [5.74, 6) is 0.983. The molecule has 0 aromatic carbocycles. The van der Waals surface area contributed by atoms with Gasteiger partial charge in [0.05, 0.1) is 3.79 Å². The molecule has 2 rings (SSSR count). The summed E-state index contributed by atoms with van der Waals surface area (Å²) in [5.41, 5.74) is 1.52. The van der Waals surface area contributed by atoms with E-state index in [2.05, 4.69) is 41.2 Å². The molecule has 0 saturated heterocycles. The molecule has 0 amide bonds. The standard InChI is InChI=1S/C17H28BrNS/c1-3-11-19-16(15-12-17(18)20-13(15)2)10-9-14-7-5-4-6-8-14/h12,14,16,19H,3-11H2,1-2H3. The van der Waals surface area contributed by atoms with E-state index in [0.717, 1.165) is 12.5 Å². The Bertz CT molecular complexity index is 396. The second-order valence-corrected chi connectivity index (χ2v) is 8.79. The van der Waals surface area contributed by atoms with Crippen molar-refractivity contribution in [3.63, 3.8) is 0 Å². The van der Waals surface area contributed by atoms with Gasteiger partial charge in [-0.2, -0.15) is 0 Å². The normalized spacial score (nSPS) is 18.4. The van der Waals surface area contributed by atoms with Gasteiger partial charge in [-0.25, -0.2) is 0 Å². The molecule has 1 nitrogen and oxygen atoms in total. The number of hydrogen-bond donors (Lipinski definition) is 1. The van der Waals surface area contributed by atoms with Crippen molar-refractivity contribution in [3.05, 3.63) is 20.3 Å². The van der Waals surface area contributed by atoms with Crippen LogP contribution in [0.3, 0.4) is 0 Å². The average molecular weight is 358 g/mol. The Morgan fingerprint density at radius 3 is 2.70 bits per heavy atom. The quantitative estimate of drug-likeness (QED) is 0.610. The van der Waals surface area contributed by atoms with Gasteiger partial charge in [0.2, 0.25) is 0 Å². The van der Waals surface area contributed by atoms with Crippen LogP contribution in [0.15, 0.2) is 9.85 Å². The average Bonchev–Trinajstić information content (AvgIpc) is 2.79. The van der Waals surface area contributed by atoms with Gasteiger partial charge in [0.25, 0.3) is 0 Å². The molecule has 1 heterocycles. The van der Waals surface area contributed by atoms with Crippen molar-refractivity contribution < 1.29 is 0 Å². The van der Waals surface area contributed by atoms with Gasteiger partial charge in [0, 0.05) is 10.9 Å². The van der Waals surface area contributed by atoms with Gasteiger partial charge in [-0.3, -0.25) is 0 Å². The Hall–Kier alpha value is 0.140. The van der Waals surface area contributed by atoms with Crippen molar-refractivity contribution in [3.8, 4) is 0 Å². The minimum atomic E-state index is 0.555. The molecule has 0 aliphatic heterocycles. The predicted octanol–water partition coefficient (Wildman–Crippen LogP) is 6.22. The third-order valence-corrected chi connectivity index (χ3v) is 6.10. The van der Waals surface area contributed by atoms with Gasteiger partial charge < -0.3 is 5.32 Å². The zero-order valence-corrected chi connectivity index (χ0v) is 15.3. The molecule has 1 fully saturated rings. The molecule has 1 atom stereocenters. The highest BCUT2D eigenvalue weighted by Crippen LogP contribution is 2.35. The lowest BCUT2D eigenvalue weighted by Crippen LogP contribution is -2.23. The van der Waals surface area contributed by atoms with Crippen molar-refractivity contribution >= 4 is 27.3 Å². The van der Waals surface area contributed by atoms with Crippen LogP contribution in [0.5, 0.6) is 0 Å². The molecular weight excluding hydrogens is 330 g/mol. The maximum atomic E-state index is 3.77. The van der Waals surface area contributed by atoms with Gasteiger partial charge in [-0.05, 0) is 66.2 Å². The fourth-order valence-electron chi connectivity index (χ4n) is 3.37. The smallest absolute Gasteiger partial charge is 0.0704 e. The zero-order chi connectivity index (χ0) is 14.4. The van der Waals surface area contributed by atoms with Crippen LogP contribution in [0.4, 0.5) is 0 Å². The molecule has 1 aliphatic rings. The Kier molecular flexibility index (Phi) is 7.06. The molecule has 0 radical (unpaired) electrons. The predicted molar refractivity (Wildman–Crippen MR) is 93.6 cm³/mol. The van der Waals surface area contributed by atoms with Crippen molar-refractivity contribution in [2.24, 2.45) is 5.92 Å². The van der Waals surface area contributed by atoms with Crippen molar-refractivity contribution in [1.29, 1.82) is 0 Å². The first kappa shape index (κ1) is 16.5. The maximum Gasteiger partial charge on any atom is 0.0704 e. The number of halogens is 1. The molecule has 1 aromatic heterocycles. The SMILES string of the molecule is CCCNC(CCC1CCCCC1)c1cc(Br)sc1C.